The van der Waals surface area contributed by atoms with Crippen LogP contribution in [0.2, 0.25) is 0 Å². The summed E-state index contributed by atoms with van der Waals surface area (Å²) in [5.74, 6) is -0.470. The minimum atomic E-state index is -0.576. The summed E-state index contributed by atoms with van der Waals surface area (Å²) in [6, 6.07) is 8.66. The number of para-hydroxylation sites is 1. The molecule has 0 saturated heterocycles. The second kappa shape index (κ2) is 4.43. The van der Waals surface area contributed by atoms with E-state index in [4.69, 9.17) is 4.42 Å². The van der Waals surface area contributed by atoms with Crippen LogP contribution in [0.5, 0.6) is 0 Å². The maximum absolute atomic E-state index is 11.9. The van der Waals surface area contributed by atoms with Crippen molar-refractivity contribution in [3.8, 4) is 0 Å². The zero-order valence-electron chi connectivity index (χ0n) is 9.68. The van der Waals surface area contributed by atoms with Crippen LogP contribution >= 0.6 is 0 Å². The van der Waals surface area contributed by atoms with E-state index in [9.17, 15) is 10.0 Å². The summed E-state index contributed by atoms with van der Waals surface area (Å²) >= 11 is 0. The van der Waals surface area contributed by atoms with E-state index >= 15 is 0 Å². The van der Waals surface area contributed by atoms with Crippen LogP contribution < -0.4 is 5.06 Å². The van der Waals surface area contributed by atoms with Crippen molar-refractivity contribution in [2.24, 2.45) is 0 Å². The Labute approximate surface area is 99.0 Å². The molecule has 0 bridgehead atoms. The number of carbonyl (C=O) groups excluding carboxylic acids is 1. The Balaban J connectivity index is 2.38. The largest absolute Gasteiger partial charge is 0.459 e. The van der Waals surface area contributed by atoms with E-state index in [0.717, 1.165) is 11.1 Å². The lowest BCUT2D eigenvalue weighted by molar-refractivity contribution is 0.0825. The summed E-state index contributed by atoms with van der Waals surface area (Å²) in [7, 11) is 0. The first-order valence-electron chi connectivity index (χ1n) is 5.24. The number of benzene rings is 1. The first-order valence-corrected chi connectivity index (χ1v) is 5.24. The Bertz CT molecular complexity index is 511. The smallest absolute Gasteiger partial charge is 0.317 e. The Morgan fingerprint density at radius 3 is 2.35 bits per heavy atom. The van der Waals surface area contributed by atoms with Gasteiger partial charge in [-0.1, -0.05) is 18.2 Å². The molecule has 1 heterocycles. The van der Waals surface area contributed by atoms with Crippen molar-refractivity contribution in [3.63, 3.8) is 0 Å². The van der Waals surface area contributed by atoms with Crippen molar-refractivity contribution in [1.29, 1.82) is 0 Å². The van der Waals surface area contributed by atoms with Gasteiger partial charge in [-0.15, -0.1) is 0 Å². The summed E-state index contributed by atoms with van der Waals surface area (Å²) in [5.41, 5.74) is 2.15. The number of anilines is 1. The normalized spacial score (nSPS) is 10.3. The number of hydrogen-bond donors (Lipinski definition) is 1. The number of nitrogens with zero attached hydrogens (tertiary/aromatic N) is 1. The molecule has 4 nitrogen and oxygen atoms in total. The molecule has 0 spiro atoms. The Morgan fingerprint density at radius 1 is 1.18 bits per heavy atom. The van der Waals surface area contributed by atoms with Crippen LogP contribution in [0.25, 0.3) is 0 Å². The summed E-state index contributed by atoms with van der Waals surface area (Å²) in [5, 5.41) is 10.6. The average Bonchev–Trinajstić information content (AvgIpc) is 2.81. The number of hydrogen-bond acceptors (Lipinski definition) is 3. The molecule has 0 atom stereocenters. The summed E-state index contributed by atoms with van der Waals surface area (Å²) in [6.45, 7) is 3.67. The molecule has 0 radical (unpaired) electrons. The van der Waals surface area contributed by atoms with Crippen LogP contribution in [0.3, 0.4) is 0 Å². The average molecular weight is 231 g/mol. The second-order valence-corrected chi connectivity index (χ2v) is 3.83. The van der Waals surface area contributed by atoms with Gasteiger partial charge in [0, 0.05) is 0 Å². The van der Waals surface area contributed by atoms with Gasteiger partial charge in [-0.2, -0.15) is 5.06 Å². The zero-order valence-corrected chi connectivity index (χ0v) is 9.68. The molecule has 17 heavy (non-hydrogen) atoms. The van der Waals surface area contributed by atoms with Gasteiger partial charge >= 0.3 is 5.91 Å². The molecule has 0 aliphatic carbocycles. The number of amides is 1. The molecule has 1 aromatic heterocycles. The van der Waals surface area contributed by atoms with Gasteiger partial charge in [-0.05, 0) is 37.1 Å². The van der Waals surface area contributed by atoms with Gasteiger partial charge in [-0.25, -0.2) is 0 Å². The van der Waals surface area contributed by atoms with Gasteiger partial charge in [0.1, 0.15) is 0 Å². The number of carbonyl (C=O) groups is 1. The molecular weight excluding hydrogens is 218 g/mol. The Hall–Kier alpha value is -2.07. The number of rotatable bonds is 2. The number of furan rings is 1. The maximum atomic E-state index is 11.9. The third-order valence-corrected chi connectivity index (χ3v) is 2.58. The van der Waals surface area contributed by atoms with E-state index in [1.165, 1.54) is 12.3 Å². The number of hydroxylamine groups is 1. The van der Waals surface area contributed by atoms with Crippen molar-refractivity contribution < 1.29 is 14.4 Å². The third kappa shape index (κ3) is 2.07. The lowest BCUT2D eigenvalue weighted by atomic mass is 10.1. The molecule has 0 fully saturated rings. The highest BCUT2D eigenvalue weighted by Crippen LogP contribution is 2.24. The quantitative estimate of drug-likeness (QED) is 0.638. The van der Waals surface area contributed by atoms with Gasteiger partial charge < -0.3 is 4.42 Å². The van der Waals surface area contributed by atoms with Crippen molar-refractivity contribution in [2.75, 3.05) is 5.06 Å². The van der Waals surface area contributed by atoms with Gasteiger partial charge in [-0.3, -0.25) is 10.0 Å². The van der Waals surface area contributed by atoms with Crippen LogP contribution in [0.4, 0.5) is 5.69 Å². The Kier molecular flexibility index (Phi) is 2.97. The summed E-state index contributed by atoms with van der Waals surface area (Å²) in [4.78, 5) is 11.9. The minimum Gasteiger partial charge on any atom is -0.459 e. The fourth-order valence-corrected chi connectivity index (χ4v) is 1.75. The summed E-state index contributed by atoms with van der Waals surface area (Å²) in [6.07, 6.45) is 1.39. The van der Waals surface area contributed by atoms with Crippen molar-refractivity contribution in [2.45, 2.75) is 13.8 Å². The van der Waals surface area contributed by atoms with Crippen molar-refractivity contribution >= 4 is 11.6 Å². The van der Waals surface area contributed by atoms with Crippen LogP contribution in [0, 0.1) is 13.8 Å². The fraction of sp³-hybridized carbons (Fsp3) is 0.154. The van der Waals surface area contributed by atoms with Crippen LogP contribution in [0.1, 0.15) is 21.7 Å². The summed E-state index contributed by atoms with van der Waals surface area (Å²) < 4.78 is 4.97. The molecule has 1 amide bonds. The molecule has 2 rings (SSSR count). The first kappa shape index (κ1) is 11.4. The lowest BCUT2D eigenvalue weighted by Gasteiger charge is -2.18. The molecule has 0 aliphatic rings. The van der Waals surface area contributed by atoms with E-state index in [2.05, 4.69) is 0 Å². The molecule has 0 aliphatic heterocycles. The fourth-order valence-electron chi connectivity index (χ4n) is 1.75. The molecule has 1 N–H and O–H groups in total. The Morgan fingerprint density at radius 2 is 1.82 bits per heavy atom. The molecule has 4 heteroatoms. The molecule has 88 valence electrons. The lowest BCUT2D eigenvalue weighted by Crippen LogP contribution is -2.28. The number of aryl methyl sites for hydroxylation is 2. The monoisotopic (exact) mass is 231 g/mol. The standard InChI is InChI=1S/C13H13NO3/c1-9-5-3-6-10(2)12(9)14(16)13(15)11-7-4-8-17-11/h3-8,16H,1-2H3. The van der Waals surface area contributed by atoms with Crippen molar-refractivity contribution in [1.82, 2.24) is 0 Å². The van der Waals surface area contributed by atoms with E-state index in [1.54, 1.807) is 6.07 Å². The first-order chi connectivity index (χ1) is 8.11. The van der Waals surface area contributed by atoms with E-state index in [0.29, 0.717) is 10.8 Å². The third-order valence-electron chi connectivity index (χ3n) is 2.58. The zero-order chi connectivity index (χ0) is 12.4. The molecule has 0 unspecified atom stereocenters. The van der Waals surface area contributed by atoms with Gasteiger partial charge in [0.25, 0.3) is 0 Å². The highest BCUT2D eigenvalue weighted by atomic mass is 16.5. The van der Waals surface area contributed by atoms with Crippen LogP contribution in [0.15, 0.2) is 41.0 Å². The molecular formula is C13H13NO3. The van der Waals surface area contributed by atoms with E-state index < -0.39 is 5.91 Å². The highest BCUT2D eigenvalue weighted by Gasteiger charge is 2.20. The SMILES string of the molecule is Cc1cccc(C)c1N(O)C(=O)c1ccco1. The molecule has 1 aromatic carbocycles. The van der Waals surface area contributed by atoms with E-state index in [-0.39, 0.29) is 5.76 Å². The maximum Gasteiger partial charge on any atom is 0.317 e. The van der Waals surface area contributed by atoms with Crippen LogP contribution in [-0.4, -0.2) is 11.1 Å². The van der Waals surface area contributed by atoms with Crippen LogP contribution in [-0.2, 0) is 0 Å². The molecule has 2 aromatic rings. The van der Waals surface area contributed by atoms with Gasteiger partial charge in [0.05, 0.1) is 12.0 Å². The highest BCUT2D eigenvalue weighted by molar-refractivity contribution is 6.03. The topological polar surface area (TPSA) is 53.7 Å². The molecule has 0 saturated carbocycles. The van der Waals surface area contributed by atoms with Gasteiger partial charge in [0.2, 0.25) is 0 Å². The second-order valence-electron chi connectivity index (χ2n) is 3.83. The predicted octanol–water partition coefficient (Wildman–Crippen LogP) is 2.93. The van der Waals surface area contributed by atoms with E-state index in [1.807, 2.05) is 32.0 Å². The van der Waals surface area contributed by atoms with Gasteiger partial charge in [0.15, 0.2) is 5.76 Å². The van der Waals surface area contributed by atoms with Crippen molar-refractivity contribution in [3.05, 3.63) is 53.5 Å². The predicted molar refractivity (Wildman–Crippen MR) is 63.2 cm³/mol. The minimum absolute atomic E-state index is 0.107.